The molecule has 1 aliphatic carbocycles. The van der Waals surface area contributed by atoms with Crippen LogP contribution >= 0.6 is 11.3 Å². The molecule has 2 amide bonds. The van der Waals surface area contributed by atoms with Crippen LogP contribution < -0.4 is 10.1 Å². The van der Waals surface area contributed by atoms with Gasteiger partial charge in [0, 0.05) is 50.2 Å². The highest BCUT2D eigenvalue weighted by Crippen LogP contribution is 2.46. The smallest absolute Gasteiger partial charge is 0.254 e. The normalized spacial score (nSPS) is 22.3. The maximum absolute atomic E-state index is 12.7. The van der Waals surface area contributed by atoms with E-state index in [1.165, 1.54) is 12.8 Å². The van der Waals surface area contributed by atoms with Gasteiger partial charge in [-0.05, 0) is 48.3 Å². The van der Waals surface area contributed by atoms with Crippen molar-refractivity contribution in [3.8, 4) is 5.75 Å². The van der Waals surface area contributed by atoms with Gasteiger partial charge in [0.25, 0.3) is 5.91 Å². The Morgan fingerprint density at radius 2 is 1.97 bits per heavy atom. The van der Waals surface area contributed by atoms with E-state index in [1.807, 2.05) is 39.9 Å². The van der Waals surface area contributed by atoms with Gasteiger partial charge >= 0.3 is 0 Å². The van der Waals surface area contributed by atoms with Crippen molar-refractivity contribution in [2.75, 3.05) is 19.6 Å². The fraction of sp³-hybridized carbons (Fsp3) is 0.500. The van der Waals surface area contributed by atoms with Crippen molar-refractivity contribution in [1.29, 1.82) is 0 Å². The maximum atomic E-state index is 12.7. The Labute approximate surface area is 181 Å². The van der Waals surface area contributed by atoms with Crippen molar-refractivity contribution < 1.29 is 14.3 Å². The van der Waals surface area contributed by atoms with Crippen LogP contribution in [0.5, 0.6) is 5.75 Å². The number of likely N-dealkylation sites (tertiary alicyclic amines) is 1. The summed E-state index contributed by atoms with van der Waals surface area (Å²) < 4.78 is 6.53. The number of nitrogens with one attached hydrogen (secondary N) is 1. The number of carbonyl (C=O) groups excluding carboxylic acids is 2. The Morgan fingerprint density at radius 3 is 2.70 bits per heavy atom. The molecule has 1 N–H and O–H groups in total. The number of ether oxygens (including phenoxy) is 1. The lowest BCUT2D eigenvalue weighted by atomic mass is 9.76. The molecular formula is C24H28N2O3S. The first-order valence-electron chi connectivity index (χ1n) is 11.0. The zero-order valence-electron chi connectivity index (χ0n) is 17.1. The van der Waals surface area contributed by atoms with Crippen LogP contribution in [-0.4, -0.2) is 41.9 Å². The Balaban J connectivity index is 1.28. The quantitative estimate of drug-likeness (QED) is 0.782. The zero-order chi connectivity index (χ0) is 20.6. The predicted molar refractivity (Wildman–Crippen MR) is 117 cm³/mol. The lowest BCUT2D eigenvalue weighted by Crippen LogP contribution is -2.52. The van der Waals surface area contributed by atoms with Gasteiger partial charge in [-0.3, -0.25) is 9.59 Å². The average molecular weight is 425 g/mol. The van der Waals surface area contributed by atoms with Crippen LogP contribution in [0.3, 0.4) is 0 Å². The van der Waals surface area contributed by atoms with Crippen molar-refractivity contribution in [2.24, 2.45) is 5.92 Å². The Kier molecular flexibility index (Phi) is 5.27. The van der Waals surface area contributed by atoms with Gasteiger partial charge in [0.05, 0.1) is 5.56 Å². The summed E-state index contributed by atoms with van der Waals surface area (Å²) in [6.07, 6.45) is 5.43. The maximum Gasteiger partial charge on any atom is 0.254 e. The van der Waals surface area contributed by atoms with Gasteiger partial charge in [0.1, 0.15) is 11.4 Å². The van der Waals surface area contributed by atoms with Crippen molar-refractivity contribution in [2.45, 2.75) is 50.0 Å². The van der Waals surface area contributed by atoms with E-state index in [2.05, 4.69) is 11.4 Å². The third-order valence-corrected chi connectivity index (χ3v) is 7.43. The fourth-order valence-corrected chi connectivity index (χ4v) is 5.42. The summed E-state index contributed by atoms with van der Waals surface area (Å²) >= 11 is 1.55. The van der Waals surface area contributed by atoms with Crippen LogP contribution in [0.1, 0.15) is 60.4 Å². The van der Waals surface area contributed by atoms with Crippen molar-refractivity contribution in [1.82, 2.24) is 10.2 Å². The number of benzene rings is 1. The minimum atomic E-state index is -0.290. The first-order chi connectivity index (χ1) is 14.6. The molecule has 2 aliphatic heterocycles. The van der Waals surface area contributed by atoms with Gasteiger partial charge in [0.15, 0.2) is 0 Å². The molecule has 0 bridgehead atoms. The monoisotopic (exact) mass is 424 g/mol. The molecule has 5 nitrogen and oxygen atoms in total. The molecule has 3 aliphatic rings. The topological polar surface area (TPSA) is 58.6 Å². The molecule has 0 unspecified atom stereocenters. The summed E-state index contributed by atoms with van der Waals surface area (Å²) in [6, 6.07) is 10.0. The molecule has 0 radical (unpaired) electrons. The number of fused-ring (bicyclic) bond motifs is 1. The van der Waals surface area contributed by atoms with Crippen molar-refractivity contribution in [3.63, 3.8) is 0 Å². The second-order valence-corrected chi connectivity index (χ2v) is 9.76. The summed E-state index contributed by atoms with van der Waals surface area (Å²) in [5, 5.41) is 6.98. The molecule has 2 fully saturated rings. The van der Waals surface area contributed by atoms with E-state index in [1.54, 1.807) is 11.3 Å². The minimum absolute atomic E-state index is 0.110. The van der Waals surface area contributed by atoms with Gasteiger partial charge in [-0.2, -0.15) is 11.3 Å². The summed E-state index contributed by atoms with van der Waals surface area (Å²) in [7, 11) is 0. The second-order valence-electron chi connectivity index (χ2n) is 8.98. The molecule has 1 spiro atoms. The van der Waals surface area contributed by atoms with Gasteiger partial charge in [0.2, 0.25) is 5.91 Å². The average Bonchev–Trinajstić information content (AvgIpc) is 3.43. The SMILES string of the molecule is O=C(C[C@@H]1CC2(CCN(C(=O)c3ccsc3)CC2)Oc2ccccc21)NCC1CC1. The molecule has 30 heavy (non-hydrogen) atoms. The molecular weight excluding hydrogens is 396 g/mol. The van der Waals surface area contributed by atoms with Gasteiger partial charge in [-0.1, -0.05) is 18.2 Å². The first-order valence-corrected chi connectivity index (χ1v) is 11.9. The van der Waals surface area contributed by atoms with Crippen LogP contribution in [-0.2, 0) is 4.79 Å². The van der Waals surface area contributed by atoms with E-state index < -0.39 is 0 Å². The van der Waals surface area contributed by atoms with Crippen LogP contribution in [0, 0.1) is 5.92 Å². The zero-order valence-corrected chi connectivity index (χ0v) is 18.0. The van der Waals surface area contributed by atoms with E-state index in [0.29, 0.717) is 25.4 Å². The van der Waals surface area contributed by atoms with Crippen LogP contribution in [0.15, 0.2) is 41.1 Å². The van der Waals surface area contributed by atoms with Crippen LogP contribution in [0.4, 0.5) is 0 Å². The summed E-state index contributed by atoms with van der Waals surface area (Å²) in [4.78, 5) is 27.2. The molecule has 1 saturated carbocycles. The number of nitrogens with zero attached hydrogens (tertiary/aromatic N) is 1. The van der Waals surface area contributed by atoms with E-state index in [-0.39, 0.29) is 23.3 Å². The number of thiophene rings is 1. The predicted octanol–water partition coefficient (Wildman–Crippen LogP) is 4.21. The second kappa shape index (κ2) is 8.06. The molecule has 6 heteroatoms. The van der Waals surface area contributed by atoms with E-state index in [0.717, 1.165) is 42.7 Å². The fourth-order valence-electron chi connectivity index (χ4n) is 4.80. The highest BCUT2D eigenvalue weighted by atomic mass is 32.1. The third-order valence-electron chi connectivity index (χ3n) is 6.75. The molecule has 1 saturated heterocycles. The highest BCUT2D eigenvalue weighted by Gasteiger charge is 2.44. The van der Waals surface area contributed by atoms with E-state index in [9.17, 15) is 9.59 Å². The summed E-state index contributed by atoms with van der Waals surface area (Å²) in [5.74, 6) is 2.00. The number of para-hydroxylation sites is 1. The third kappa shape index (κ3) is 4.10. The molecule has 1 atom stereocenters. The Hall–Kier alpha value is -2.34. The highest BCUT2D eigenvalue weighted by molar-refractivity contribution is 7.08. The van der Waals surface area contributed by atoms with Gasteiger partial charge in [-0.15, -0.1) is 0 Å². The lowest BCUT2D eigenvalue weighted by Gasteiger charge is -2.47. The standard InChI is InChI=1S/C24H28N2O3S/c27-22(25-15-17-5-6-17)13-19-14-24(29-21-4-2-1-3-20(19)21)8-10-26(11-9-24)23(28)18-7-12-30-16-18/h1-4,7,12,16-17,19H,5-6,8-11,13-15H2,(H,25,27)/t19-/m1/s1. The molecule has 5 rings (SSSR count). The van der Waals surface area contributed by atoms with Gasteiger partial charge in [-0.25, -0.2) is 0 Å². The molecule has 3 heterocycles. The summed E-state index contributed by atoms with van der Waals surface area (Å²) in [5.41, 5.74) is 1.62. The number of hydrogen-bond acceptors (Lipinski definition) is 4. The number of hydrogen-bond donors (Lipinski definition) is 1. The number of piperidine rings is 1. The first kappa shape index (κ1) is 19.6. The number of rotatable bonds is 5. The Bertz CT molecular complexity index is 914. The summed E-state index contributed by atoms with van der Waals surface area (Å²) in [6.45, 7) is 2.20. The van der Waals surface area contributed by atoms with Gasteiger partial charge < -0.3 is 15.0 Å². The lowest BCUT2D eigenvalue weighted by molar-refractivity contribution is -0.122. The number of amides is 2. The van der Waals surface area contributed by atoms with Crippen LogP contribution in [0.2, 0.25) is 0 Å². The molecule has 158 valence electrons. The largest absolute Gasteiger partial charge is 0.487 e. The number of carbonyl (C=O) groups is 2. The van der Waals surface area contributed by atoms with Crippen LogP contribution in [0.25, 0.3) is 0 Å². The van der Waals surface area contributed by atoms with E-state index >= 15 is 0 Å². The Morgan fingerprint density at radius 1 is 1.17 bits per heavy atom. The molecule has 1 aromatic carbocycles. The molecule has 2 aromatic rings. The van der Waals surface area contributed by atoms with Crippen molar-refractivity contribution in [3.05, 3.63) is 52.2 Å². The molecule has 1 aromatic heterocycles. The van der Waals surface area contributed by atoms with Crippen molar-refractivity contribution >= 4 is 23.2 Å². The van der Waals surface area contributed by atoms with E-state index in [4.69, 9.17) is 4.74 Å². The minimum Gasteiger partial charge on any atom is -0.487 e.